The molecule has 0 aromatic heterocycles. The first-order valence-corrected chi connectivity index (χ1v) is 5.55. The second-order valence-electron chi connectivity index (χ2n) is 4.32. The van der Waals surface area contributed by atoms with Crippen LogP contribution in [-0.4, -0.2) is 11.2 Å². The molecule has 0 fully saturated rings. The van der Waals surface area contributed by atoms with Crippen LogP contribution < -0.4 is 0 Å². The van der Waals surface area contributed by atoms with Crippen LogP contribution in [0.3, 0.4) is 0 Å². The van der Waals surface area contributed by atoms with Crippen LogP contribution >= 0.6 is 0 Å². The van der Waals surface area contributed by atoms with Crippen LogP contribution in [0.15, 0.2) is 18.2 Å². The van der Waals surface area contributed by atoms with Gasteiger partial charge in [-0.15, -0.1) is 0 Å². The quantitative estimate of drug-likeness (QED) is 0.759. The Balaban J connectivity index is 2.30. The third kappa shape index (κ3) is 1.98. The zero-order valence-electron chi connectivity index (χ0n) is 8.79. The molecule has 1 aliphatic rings. The van der Waals surface area contributed by atoms with E-state index in [2.05, 4.69) is 18.2 Å². The number of aliphatic hydroxyl groups excluding tert-OH is 1. The summed E-state index contributed by atoms with van der Waals surface area (Å²) in [5.41, 5.74) is 4.38. The van der Waals surface area contributed by atoms with E-state index in [4.69, 9.17) is 0 Å². The summed E-state index contributed by atoms with van der Waals surface area (Å²) in [4.78, 5) is 0. The number of fused-ring (bicyclic) bond motifs is 1. The van der Waals surface area contributed by atoms with Gasteiger partial charge in [0, 0.05) is 0 Å². The molecule has 1 nitrogen and oxygen atoms in total. The number of aliphatic hydroxyl groups is 1. The molecule has 0 aliphatic heterocycles. The van der Waals surface area contributed by atoms with Gasteiger partial charge in [-0.05, 0) is 55.7 Å². The van der Waals surface area contributed by atoms with Crippen molar-refractivity contribution in [1.82, 2.24) is 0 Å². The lowest BCUT2D eigenvalue weighted by Crippen LogP contribution is -2.11. The number of rotatable bonds is 2. The van der Waals surface area contributed by atoms with Gasteiger partial charge in [-0.2, -0.15) is 0 Å². The maximum absolute atomic E-state index is 9.41. The lowest BCUT2D eigenvalue weighted by Gasteiger charge is -2.19. The minimum absolute atomic E-state index is 0.219. The van der Waals surface area contributed by atoms with Gasteiger partial charge in [0.05, 0.1) is 6.10 Å². The fourth-order valence-corrected chi connectivity index (χ4v) is 2.37. The zero-order chi connectivity index (χ0) is 9.97. The third-order valence-electron chi connectivity index (χ3n) is 3.01. The van der Waals surface area contributed by atoms with Crippen LogP contribution in [0.5, 0.6) is 0 Å². The van der Waals surface area contributed by atoms with Gasteiger partial charge >= 0.3 is 0 Å². The van der Waals surface area contributed by atoms with Crippen molar-refractivity contribution in [3.8, 4) is 0 Å². The van der Waals surface area contributed by atoms with E-state index in [1.54, 1.807) is 0 Å². The molecule has 1 aliphatic carbocycles. The zero-order valence-corrected chi connectivity index (χ0v) is 8.79. The van der Waals surface area contributed by atoms with E-state index in [9.17, 15) is 5.11 Å². The topological polar surface area (TPSA) is 20.2 Å². The van der Waals surface area contributed by atoms with Crippen LogP contribution in [0.4, 0.5) is 0 Å². The fourth-order valence-electron chi connectivity index (χ4n) is 2.37. The molecule has 76 valence electrons. The van der Waals surface area contributed by atoms with Crippen molar-refractivity contribution >= 4 is 0 Å². The smallest absolute Gasteiger partial charge is 0.0552 e. The minimum Gasteiger partial charge on any atom is -0.393 e. The standard InChI is InChI=1S/C13H18O/c1-10(14)9-12-7-4-6-11-5-2-3-8-13(11)12/h4,6-7,10,14H,2-3,5,8-9H2,1H3. The summed E-state index contributed by atoms with van der Waals surface area (Å²) in [6.45, 7) is 1.86. The lowest BCUT2D eigenvalue weighted by atomic mass is 9.87. The molecule has 0 saturated heterocycles. The normalized spacial score (nSPS) is 17.6. The van der Waals surface area contributed by atoms with Crippen LogP contribution in [0, 0.1) is 0 Å². The first-order chi connectivity index (χ1) is 6.77. The van der Waals surface area contributed by atoms with Gasteiger partial charge in [-0.1, -0.05) is 18.2 Å². The Morgan fingerprint density at radius 3 is 2.86 bits per heavy atom. The molecular formula is C13H18O. The Labute approximate surface area is 85.8 Å². The Bertz CT molecular complexity index is 315. The highest BCUT2D eigenvalue weighted by atomic mass is 16.3. The molecule has 2 rings (SSSR count). The van der Waals surface area contributed by atoms with Gasteiger partial charge in [0.25, 0.3) is 0 Å². The molecule has 1 aromatic rings. The molecule has 1 heteroatoms. The molecule has 0 amide bonds. The Kier molecular flexibility index (Phi) is 2.87. The van der Waals surface area contributed by atoms with Crippen LogP contribution in [0.25, 0.3) is 0 Å². The summed E-state index contributed by atoms with van der Waals surface area (Å²) < 4.78 is 0. The second kappa shape index (κ2) is 4.14. The van der Waals surface area contributed by atoms with E-state index in [1.807, 2.05) is 6.92 Å². The maximum atomic E-state index is 9.41. The molecule has 0 radical (unpaired) electrons. The molecule has 0 spiro atoms. The highest BCUT2D eigenvalue weighted by molar-refractivity contribution is 5.37. The van der Waals surface area contributed by atoms with E-state index >= 15 is 0 Å². The van der Waals surface area contributed by atoms with Gasteiger partial charge in [0.15, 0.2) is 0 Å². The predicted octanol–water partition coefficient (Wildman–Crippen LogP) is 2.49. The van der Waals surface area contributed by atoms with Crippen molar-refractivity contribution in [1.29, 1.82) is 0 Å². The van der Waals surface area contributed by atoms with E-state index in [0.717, 1.165) is 6.42 Å². The SMILES string of the molecule is CC(O)Cc1cccc2c1CCCC2. The van der Waals surface area contributed by atoms with Gasteiger partial charge in [-0.3, -0.25) is 0 Å². The summed E-state index contributed by atoms with van der Waals surface area (Å²) in [7, 11) is 0. The molecular weight excluding hydrogens is 172 g/mol. The van der Waals surface area contributed by atoms with Gasteiger partial charge in [0.2, 0.25) is 0 Å². The highest BCUT2D eigenvalue weighted by Crippen LogP contribution is 2.25. The Morgan fingerprint density at radius 2 is 2.07 bits per heavy atom. The lowest BCUT2D eigenvalue weighted by molar-refractivity contribution is 0.195. The maximum Gasteiger partial charge on any atom is 0.0552 e. The molecule has 1 aromatic carbocycles. The van der Waals surface area contributed by atoms with Crippen LogP contribution in [0.1, 0.15) is 36.5 Å². The first kappa shape index (κ1) is 9.72. The molecule has 14 heavy (non-hydrogen) atoms. The number of hydrogen-bond donors (Lipinski definition) is 1. The van der Waals surface area contributed by atoms with Crippen LogP contribution in [-0.2, 0) is 19.3 Å². The summed E-state index contributed by atoms with van der Waals surface area (Å²) in [5.74, 6) is 0. The monoisotopic (exact) mass is 190 g/mol. The van der Waals surface area contributed by atoms with E-state index in [0.29, 0.717) is 0 Å². The van der Waals surface area contributed by atoms with Crippen molar-refractivity contribution in [2.75, 3.05) is 0 Å². The number of aryl methyl sites for hydroxylation is 1. The fraction of sp³-hybridized carbons (Fsp3) is 0.538. The molecule has 1 atom stereocenters. The van der Waals surface area contributed by atoms with Crippen molar-refractivity contribution in [3.05, 3.63) is 34.9 Å². The molecule has 1 unspecified atom stereocenters. The summed E-state index contributed by atoms with van der Waals surface area (Å²) in [6, 6.07) is 6.53. The van der Waals surface area contributed by atoms with Crippen molar-refractivity contribution in [2.24, 2.45) is 0 Å². The average Bonchev–Trinajstić information content (AvgIpc) is 2.18. The minimum atomic E-state index is -0.219. The summed E-state index contributed by atoms with van der Waals surface area (Å²) >= 11 is 0. The Hall–Kier alpha value is -0.820. The predicted molar refractivity (Wildman–Crippen MR) is 58.5 cm³/mol. The number of benzene rings is 1. The van der Waals surface area contributed by atoms with Crippen molar-refractivity contribution in [3.63, 3.8) is 0 Å². The highest BCUT2D eigenvalue weighted by Gasteiger charge is 2.13. The molecule has 0 saturated carbocycles. The number of hydrogen-bond acceptors (Lipinski definition) is 1. The van der Waals surface area contributed by atoms with E-state index < -0.39 is 0 Å². The average molecular weight is 190 g/mol. The molecule has 1 N–H and O–H groups in total. The van der Waals surface area contributed by atoms with Crippen molar-refractivity contribution in [2.45, 2.75) is 45.1 Å². The first-order valence-electron chi connectivity index (χ1n) is 5.55. The summed E-state index contributed by atoms with van der Waals surface area (Å²) in [5, 5.41) is 9.41. The molecule has 0 bridgehead atoms. The third-order valence-corrected chi connectivity index (χ3v) is 3.01. The molecule has 0 heterocycles. The van der Waals surface area contributed by atoms with Gasteiger partial charge in [-0.25, -0.2) is 0 Å². The van der Waals surface area contributed by atoms with E-state index in [-0.39, 0.29) is 6.10 Å². The Morgan fingerprint density at radius 1 is 1.29 bits per heavy atom. The van der Waals surface area contributed by atoms with Crippen molar-refractivity contribution < 1.29 is 5.11 Å². The summed E-state index contributed by atoms with van der Waals surface area (Å²) in [6.07, 6.45) is 5.66. The largest absolute Gasteiger partial charge is 0.393 e. The van der Waals surface area contributed by atoms with Crippen LogP contribution in [0.2, 0.25) is 0 Å². The van der Waals surface area contributed by atoms with Gasteiger partial charge in [0.1, 0.15) is 0 Å². The van der Waals surface area contributed by atoms with E-state index in [1.165, 1.54) is 42.4 Å². The van der Waals surface area contributed by atoms with Gasteiger partial charge < -0.3 is 5.11 Å². The second-order valence-corrected chi connectivity index (χ2v) is 4.32.